The minimum atomic E-state index is -0.203. The van der Waals surface area contributed by atoms with Gasteiger partial charge in [-0.05, 0) is 24.1 Å². The number of hydrogen-bond acceptors (Lipinski definition) is 6. The topological polar surface area (TPSA) is 93.3 Å². The first-order valence-corrected chi connectivity index (χ1v) is 9.29. The molecule has 0 spiro atoms. The van der Waals surface area contributed by atoms with E-state index in [1.54, 1.807) is 23.2 Å². The second kappa shape index (κ2) is 7.40. The van der Waals surface area contributed by atoms with Crippen LogP contribution in [-0.2, 0) is 0 Å². The molecule has 1 aromatic heterocycles. The van der Waals surface area contributed by atoms with Gasteiger partial charge in [-0.1, -0.05) is 31.2 Å². The minimum Gasteiger partial charge on any atom is -0.428 e. The van der Waals surface area contributed by atoms with Crippen molar-refractivity contribution in [3.05, 3.63) is 60.1 Å². The molecule has 1 saturated heterocycles. The van der Waals surface area contributed by atoms with Gasteiger partial charge in [0.05, 0.1) is 11.2 Å². The minimum absolute atomic E-state index is 0.158. The Morgan fingerprint density at radius 3 is 2.68 bits per heavy atom. The molecule has 3 heterocycles. The van der Waals surface area contributed by atoms with Gasteiger partial charge >= 0.3 is 0 Å². The number of benzene rings is 1. The monoisotopic (exact) mass is 381 g/mol. The van der Waals surface area contributed by atoms with Gasteiger partial charge in [-0.15, -0.1) is 0 Å². The van der Waals surface area contributed by atoms with E-state index in [1.165, 1.54) is 0 Å². The highest BCUT2D eigenvalue weighted by molar-refractivity contribution is 6.00. The second-order valence-corrected chi connectivity index (χ2v) is 7.02. The Balaban J connectivity index is 1.48. The van der Waals surface area contributed by atoms with Crippen LogP contribution in [0.1, 0.15) is 17.4 Å². The van der Waals surface area contributed by atoms with Crippen molar-refractivity contribution in [2.45, 2.75) is 6.92 Å². The molecule has 1 atom stereocenters. The Morgan fingerprint density at radius 2 is 1.96 bits per heavy atom. The lowest BCUT2D eigenvalue weighted by Gasteiger charge is -2.36. The lowest BCUT2D eigenvalue weighted by Crippen LogP contribution is -2.52. The Bertz CT molecular complexity index is 983. The van der Waals surface area contributed by atoms with Crippen LogP contribution in [0.5, 0.6) is 0 Å². The molecule has 3 N–H and O–H groups in total. The van der Waals surface area contributed by atoms with Crippen molar-refractivity contribution >= 4 is 22.6 Å². The van der Waals surface area contributed by atoms with Crippen LogP contribution in [0.2, 0.25) is 0 Å². The van der Waals surface area contributed by atoms with Crippen molar-refractivity contribution < 1.29 is 15.2 Å². The van der Waals surface area contributed by atoms with Gasteiger partial charge < -0.3 is 15.0 Å². The van der Waals surface area contributed by atoms with E-state index in [2.05, 4.69) is 10.5 Å². The Labute approximate surface area is 162 Å². The molecule has 28 heavy (non-hydrogen) atoms. The molecule has 2 aromatic rings. The fourth-order valence-electron chi connectivity index (χ4n) is 3.63. The zero-order valence-corrected chi connectivity index (χ0v) is 15.6. The number of nitrogens with one attached hydrogen (secondary N) is 1. The molecule has 1 aromatic carbocycles. The molecule has 146 valence electrons. The highest BCUT2D eigenvalue weighted by atomic mass is 16.5. The highest BCUT2D eigenvalue weighted by Gasteiger charge is 2.28. The number of hydroxylamine groups is 1. The van der Waals surface area contributed by atoms with E-state index in [4.69, 9.17) is 0 Å². The number of aromatic nitrogens is 1. The number of nitrogens with zero attached hydrogens (tertiary/aromatic N) is 4. The zero-order chi connectivity index (χ0) is 19.7. The van der Waals surface area contributed by atoms with Crippen molar-refractivity contribution in [3.8, 4) is 0 Å². The Hall–Kier alpha value is -3.26. The van der Waals surface area contributed by atoms with E-state index in [0.717, 1.165) is 10.1 Å². The van der Waals surface area contributed by atoms with Gasteiger partial charge in [-0.25, -0.2) is 4.99 Å². The summed E-state index contributed by atoms with van der Waals surface area (Å²) in [4.78, 5) is 21.1. The summed E-state index contributed by atoms with van der Waals surface area (Å²) in [5, 5.41) is 20.7. The van der Waals surface area contributed by atoms with Gasteiger partial charge in [0.15, 0.2) is 5.84 Å². The molecular weight excluding hydrogens is 358 g/mol. The van der Waals surface area contributed by atoms with Crippen molar-refractivity contribution in [1.82, 2.24) is 20.0 Å². The maximum atomic E-state index is 12.9. The van der Waals surface area contributed by atoms with Crippen molar-refractivity contribution in [1.29, 1.82) is 0 Å². The molecule has 1 unspecified atom stereocenters. The largest absolute Gasteiger partial charge is 0.428 e. The van der Waals surface area contributed by atoms with Crippen LogP contribution >= 0.6 is 0 Å². The van der Waals surface area contributed by atoms with Gasteiger partial charge in [-0.3, -0.25) is 15.5 Å². The molecule has 8 nitrogen and oxygen atoms in total. The zero-order valence-electron chi connectivity index (χ0n) is 15.6. The number of piperazine rings is 1. The van der Waals surface area contributed by atoms with Gasteiger partial charge in [0.1, 0.15) is 5.69 Å². The number of rotatable bonds is 2. The van der Waals surface area contributed by atoms with Crippen LogP contribution in [0.4, 0.5) is 0 Å². The maximum Gasteiger partial charge on any atom is 0.274 e. The average Bonchev–Trinajstić information content (AvgIpc) is 2.93. The van der Waals surface area contributed by atoms with Gasteiger partial charge in [0.2, 0.25) is 0 Å². The summed E-state index contributed by atoms with van der Waals surface area (Å²) in [6.07, 6.45) is 5.59. The van der Waals surface area contributed by atoms with Crippen molar-refractivity contribution in [2.75, 3.05) is 26.2 Å². The lowest BCUT2D eigenvalue weighted by atomic mass is 10.1. The molecular formula is C20H23N5O3. The summed E-state index contributed by atoms with van der Waals surface area (Å²) in [5.41, 5.74) is 3.67. The number of allylic oxidation sites excluding steroid dienone is 2. The number of carbonyl (C=O) groups excluding carboxylic acids is 1. The quantitative estimate of drug-likeness (QED) is 0.547. The average molecular weight is 381 g/mol. The molecule has 0 aliphatic carbocycles. The summed E-state index contributed by atoms with van der Waals surface area (Å²) in [5.74, 6) is 0.613. The molecule has 1 fully saturated rings. The third-order valence-corrected chi connectivity index (χ3v) is 5.15. The lowest BCUT2D eigenvalue weighted by molar-refractivity contribution is 0.0646. The molecule has 0 bridgehead atoms. The predicted molar refractivity (Wildman–Crippen MR) is 105 cm³/mol. The second-order valence-electron chi connectivity index (χ2n) is 7.02. The van der Waals surface area contributed by atoms with E-state index in [1.807, 2.05) is 42.2 Å². The summed E-state index contributed by atoms with van der Waals surface area (Å²) in [6, 6.07) is 9.05. The SMILES string of the molecule is CC1C=CN=C(N2CCN(C(=O)c3cc4ccccc4n3O)CC2)C(NO)=C1. The van der Waals surface area contributed by atoms with Crippen LogP contribution in [0.25, 0.3) is 10.9 Å². The molecule has 8 heteroatoms. The number of para-hydroxylation sites is 1. The van der Waals surface area contributed by atoms with E-state index in [-0.39, 0.29) is 17.5 Å². The molecule has 4 rings (SSSR count). The third-order valence-electron chi connectivity index (χ3n) is 5.15. The molecule has 1 amide bonds. The van der Waals surface area contributed by atoms with Crippen molar-refractivity contribution in [3.63, 3.8) is 0 Å². The van der Waals surface area contributed by atoms with Gasteiger partial charge in [0, 0.05) is 37.8 Å². The van der Waals surface area contributed by atoms with Crippen LogP contribution in [-0.4, -0.2) is 62.9 Å². The summed E-state index contributed by atoms with van der Waals surface area (Å²) in [6.45, 7) is 4.17. The third kappa shape index (κ3) is 3.22. The highest BCUT2D eigenvalue weighted by Crippen LogP contribution is 2.20. The molecule has 2 aliphatic rings. The fraction of sp³-hybridized carbons (Fsp3) is 0.300. The fourth-order valence-corrected chi connectivity index (χ4v) is 3.63. The van der Waals surface area contributed by atoms with Gasteiger partial charge in [-0.2, -0.15) is 4.73 Å². The number of aliphatic imine (C=N–C) groups is 1. The summed E-state index contributed by atoms with van der Waals surface area (Å²) in [7, 11) is 0. The van der Waals surface area contributed by atoms with E-state index >= 15 is 0 Å². The molecule has 2 aliphatic heterocycles. The number of carbonyl (C=O) groups is 1. The normalized spacial score (nSPS) is 20.0. The first-order chi connectivity index (χ1) is 13.6. The summed E-state index contributed by atoms with van der Waals surface area (Å²) >= 11 is 0. The first kappa shape index (κ1) is 18.1. The van der Waals surface area contributed by atoms with E-state index in [0.29, 0.717) is 43.2 Å². The van der Waals surface area contributed by atoms with Crippen molar-refractivity contribution in [2.24, 2.45) is 10.9 Å². The van der Waals surface area contributed by atoms with Gasteiger partial charge in [0.25, 0.3) is 5.91 Å². The number of hydrogen-bond donors (Lipinski definition) is 3. The Morgan fingerprint density at radius 1 is 1.21 bits per heavy atom. The maximum absolute atomic E-state index is 12.9. The predicted octanol–water partition coefficient (Wildman–Crippen LogP) is 2.06. The molecule has 0 radical (unpaired) electrons. The van der Waals surface area contributed by atoms with Crippen LogP contribution < -0.4 is 5.48 Å². The van der Waals surface area contributed by atoms with E-state index in [9.17, 15) is 15.2 Å². The smallest absolute Gasteiger partial charge is 0.274 e. The molecule has 0 saturated carbocycles. The van der Waals surface area contributed by atoms with Crippen LogP contribution in [0.3, 0.4) is 0 Å². The summed E-state index contributed by atoms with van der Waals surface area (Å²) < 4.78 is 0.960. The standard InChI is InChI=1S/C20H23N5O3/c1-14-6-7-21-19(16(12-14)22-27)23-8-10-24(11-9-23)20(26)18-13-15-4-2-3-5-17(15)25(18)28/h2-7,12-14,22,27-28H,8-11H2,1H3. The first-order valence-electron chi connectivity index (χ1n) is 9.29. The Kier molecular flexibility index (Phi) is 4.79. The number of amides is 1. The van der Waals surface area contributed by atoms with Crippen LogP contribution in [0, 0.1) is 5.92 Å². The number of fused-ring (bicyclic) bond motifs is 1. The van der Waals surface area contributed by atoms with Crippen LogP contribution in [0.15, 0.2) is 59.4 Å². The van der Waals surface area contributed by atoms with E-state index < -0.39 is 0 Å². The number of amidine groups is 1.